The van der Waals surface area contributed by atoms with Crippen LogP contribution in [0.25, 0.3) is 0 Å². The van der Waals surface area contributed by atoms with E-state index >= 15 is 0 Å². The van der Waals surface area contributed by atoms with E-state index < -0.39 is 8.32 Å². The van der Waals surface area contributed by atoms with Crippen LogP contribution < -0.4 is 10.4 Å². The van der Waals surface area contributed by atoms with E-state index in [1.54, 1.807) is 0 Å². The molecule has 146 valence electrons. The predicted octanol–water partition coefficient (Wildman–Crippen LogP) is 5.77. The lowest BCUT2D eigenvalue weighted by Gasteiger charge is -2.43. The van der Waals surface area contributed by atoms with E-state index in [9.17, 15) is 0 Å². The summed E-state index contributed by atoms with van der Waals surface area (Å²) in [5, 5.41) is 2.70. The summed E-state index contributed by atoms with van der Waals surface area (Å²) in [4.78, 5) is 0. The molecule has 0 spiro atoms. The highest BCUT2D eigenvalue weighted by molar-refractivity contribution is 6.99. The Morgan fingerprint density at radius 3 is 1.89 bits per heavy atom. The van der Waals surface area contributed by atoms with Gasteiger partial charge in [-0.1, -0.05) is 100 Å². The second kappa shape index (κ2) is 9.72. The zero-order valence-corrected chi connectivity index (χ0v) is 19.1. The van der Waals surface area contributed by atoms with Gasteiger partial charge >= 0.3 is 0 Å². The van der Waals surface area contributed by atoms with Crippen LogP contribution in [-0.2, 0) is 4.43 Å². The fourth-order valence-corrected chi connectivity index (χ4v) is 8.52. The fourth-order valence-electron chi connectivity index (χ4n) is 3.70. The van der Waals surface area contributed by atoms with Crippen molar-refractivity contribution in [2.24, 2.45) is 5.92 Å². The largest absolute Gasteiger partial charge is 0.407 e. The van der Waals surface area contributed by atoms with Crippen molar-refractivity contribution >= 4 is 30.3 Å². The van der Waals surface area contributed by atoms with Crippen LogP contribution in [0.15, 0.2) is 72.3 Å². The zero-order chi connectivity index (χ0) is 19.9. The maximum Gasteiger partial charge on any atom is 0.261 e. The molecule has 0 aliphatic rings. The van der Waals surface area contributed by atoms with Crippen LogP contribution in [0.1, 0.15) is 41.0 Å². The van der Waals surface area contributed by atoms with Crippen molar-refractivity contribution < 1.29 is 4.43 Å². The summed E-state index contributed by atoms with van der Waals surface area (Å²) in [7, 11) is -2.41. The highest BCUT2D eigenvalue weighted by atomic mass is 35.5. The molecule has 0 fully saturated rings. The molecule has 0 unspecified atom stereocenters. The zero-order valence-electron chi connectivity index (χ0n) is 17.3. The molecule has 1 atom stereocenters. The predicted molar refractivity (Wildman–Crippen MR) is 122 cm³/mol. The molecule has 0 aromatic heterocycles. The SMILES string of the molecule is C/C(=C\CCl)[C@@H](C)CCO[Si](c1ccccc1)(c1ccccc1)C(C)(C)C. The molecular formula is C24H33ClOSi. The van der Waals surface area contributed by atoms with Crippen molar-refractivity contribution in [2.75, 3.05) is 12.5 Å². The van der Waals surface area contributed by atoms with Gasteiger partial charge in [-0.15, -0.1) is 11.6 Å². The fraction of sp³-hybridized carbons (Fsp3) is 0.417. The van der Waals surface area contributed by atoms with Crippen LogP contribution in [0, 0.1) is 5.92 Å². The Bertz CT molecular complexity index is 680. The van der Waals surface area contributed by atoms with Gasteiger partial charge in [0.2, 0.25) is 0 Å². The molecule has 2 aromatic rings. The molecule has 2 rings (SSSR count). The molecule has 2 aromatic carbocycles. The molecule has 3 heteroatoms. The topological polar surface area (TPSA) is 9.23 Å². The number of alkyl halides is 1. The van der Waals surface area contributed by atoms with Gasteiger partial charge in [-0.25, -0.2) is 0 Å². The minimum atomic E-state index is -2.41. The lowest BCUT2D eigenvalue weighted by atomic mass is 10.00. The van der Waals surface area contributed by atoms with Gasteiger partial charge in [0.25, 0.3) is 8.32 Å². The molecule has 0 heterocycles. The quantitative estimate of drug-likeness (QED) is 0.310. The average molecular weight is 401 g/mol. The Morgan fingerprint density at radius 1 is 1.00 bits per heavy atom. The van der Waals surface area contributed by atoms with Crippen molar-refractivity contribution in [2.45, 2.75) is 46.1 Å². The Balaban J connectivity index is 2.40. The van der Waals surface area contributed by atoms with E-state index in [0.29, 0.717) is 11.8 Å². The summed E-state index contributed by atoms with van der Waals surface area (Å²) in [5.74, 6) is 1.05. The standard InChI is InChI=1S/C24H33ClOSi/c1-20(16-18-25)21(2)17-19-26-27(24(3,4)5,22-12-8-6-9-13-22)23-14-10-7-11-15-23/h6-16,21H,17-19H2,1-5H3/b20-16+/t21-/m0/s1. The van der Waals surface area contributed by atoms with E-state index in [1.165, 1.54) is 15.9 Å². The molecule has 0 aliphatic heterocycles. The molecule has 27 heavy (non-hydrogen) atoms. The highest BCUT2D eigenvalue weighted by Crippen LogP contribution is 2.37. The lowest BCUT2D eigenvalue weighted by Crippen LogP contribution is -2.66. The van der Waals surface area contributed by atoms with Gasteiger partial charge < -0.3 is 4.43 Å². The van der Waals surface area contributed by atoms with Gasteiger partial charge in [-0.05, 0) is 34.7 Å². The normalized spacial score (nSPS) is 14.2. The third-order valence-electron chi connectivity index (χ3n) is 5.46. The molecular weight excluding hydrogens is 368 g/mol. The second-order valence-corrected chi connectivity index (χ2v) is 12.9. The van der Waals surface area contributed by atoms with Crippen LogP contribution in [0.4, 0.5) is 0 Å². The van der Waals surface area contributed by atoms with Gasteiger partial charge in [-0.3, -0.25) is 0 Å². The van der Waals surface area contributed by atoms with E-state index in [-0.39, 0.29) is 5.04 Å². The minimum Gasteiger partial charge on any atom is -0.407 e. The van der Waals surface area contributed by atoms with Crippen LogP contribution in [0.2, 0.25) is 5.04 Å². The maximum absolute atomic E-state index is 6.94. The average Bonchev–Trinajstić information content (AvgIpc) is 2.65. The molecule has 0 saturated heterocycles. The van der Waals surface area contributed by atoms with E-state index in [1.807, 2.05) is 0 Å². The van der Waals surface area contributed by atoms with Crippen LogP contribution in [0.5, 0.6) is 0 Å². The van der Waals surface area contributed by atoms with E-state index in [0.717, 1.165) is 13.0 Å². The summed E-state index contributed by atoms with van der Waals surface area (Å²) in [6, 6.07) is 21.7. The summed E-state index contributed by atoms with van der Waals surface area (Å²) in [6.45, 7) is 12.1. The monoisotopic (exact) mass is 400 g/mol. The summed E-state index contributed by atoms with van der Waals surface area (Å²) in [6.07, 6.45) is 3.11. The van der Waals surface area contributed by atoms with Crippen molar-refractivity contribution in [3.05, 3.63) is 72.3 Å². The Kier molecular flexibility index (Phi) is 7.90. The van der Waals surface area contributed by atoms with Crippen molar-refractivity contribution in [3.8, 4) is 0 Å². The van der Waals surface area contributed by atoms with Crippen molar-refractivity contribution in [1.29, 1.82) is 0 Å². The maximum atomic E-state index is 6.94. The molecule has 0 bridgehead atoms. The van der Waals surface area contributed by atoms with Crippen LogP contribution in [0.3, 0.4) is 0 Å². The molecule has 1 nitrogen and oxygen atoms in total. The third-order valence-corrected chi connectivity index (χ3v) is 10.7. The first-order valence-electron chi connectivity index (χ1n) is 9.80. The minimum absolute atomic E-state index is 0.0277. The molecule has 0 amide bonds. The third kappa shape index (κ3) is 5.13. The summed E-state index contributed by atoms with van der Waals surface area (Å²) < 4.78 is 6.94. The van der Waals surface area contributed by atoms with Gasteiger partial charge in [0.15, 0.2) is 0 Å². The smallest absolute Gasteiger partial charge is 0.261 e. The van der Waals surface area contributed by atoms with E-state index in [4.69, 9.17) is 16.0 Å². The molecule has 0 radical (unpaired) electrons. The first kappa shape index (κ1) is 21.9. The molecule has 0 aliphatic carbocycles. The first-order valence-corrected chi connectivity index (χ1v) is 12.2. The van der Waals surface area contributed by atoms with Crippen molar-refractivity contribution in [3.63, 3.8) is 0 Å². The second-order valence-electron chi connectivity index (χ2n) is 8.30. The number of rotatable bonds is 8. The number of allylic oxidation sites excluding steroid dienone is 2. The van der Waals surface area contributed by atoms with Crippen LogP contribution in [-0.4, -0.2) is 20.8 Å². The number of hydrogen-bond donors (Lipinski definition) is 0. The van der Waals surface area contributed by atoms with Gasteiger partial charge in [0.1, 0.15) is 0 Å². The summed E-state index contributed by atoms with van der Waals surface area (Å²) in [5.41, 5.74) is 1.34. The van der Waals surface area contributed by atoms with Gasteiger partial charge in [0, 0.05) is 12.5 Å². The Labute approximate surface area is 171 Å². The lowest BCUT2D eigenvalue weighted by molar-refractivity contribution is 0.276. The summed E-state index contributed by atoms with van der Waals surface area (Å²) >= 11 is 5.87. The molecule has 0 N–H and O–H groups in total. The highest BCUT2D eigenvalue weighted by Gasteiger charge is 2.49. The van der Waals surface area contributed by atoms with Gasteiger partial charge in [0.05, 0.1) is 0 Å². The van der Waals surface area contributed by atoms with Gasteiger partial charge in [-0.2, -0.15) is 0 Å². The number of hydrogen-bond acceptors (Lipinski definition) is 1. The number of benzene rings is 2. The van der Waals surface area contributed by atoms with Crippen molar-refractivity contribution in [1.82, 2.24) is 0 Å². The van der Waals surface area contributed by atoms with Crippen LogP contribution >= 0.6 is 11.6 Å². The Hall–Kier alpha value is -1.35. The molecule has 0 saturated carbocycles. The number of halogens is 1. The Morgan fingerprint density at radius 2 is 1.48 bits per heavy atom. The van der Waals surface area contributed by atoms with E-state index in [2.05, 4.69) is 101 Å². The first-order chi connectivity index (χ1) is 12.8.